The maximum atomic E-state index is 13.7. The second-order valence-electron chi connectivity index (χ2n) is 5.68. The van der Waals surface area contributed by atoms with E-state index in [1.807, 2.05) is 13.0 Å². The first-order valence-corrected chi connectivity index (χ1v) is 6.92. The second kappa shape index (κ2) is 4.54. The Morgan fingerprint density at radius 1 is 1.28 bits per heavy atom. The third-order valence-electron chi connectivity index (χ3n) is 4.49. The number of anilines is 1. The van der Waals surface area contributed by atoms with Gasteiger partial charge in [-0.1, -0.05) is 6.07 Å². The summed E-state index contributed by atoms with van der Waals surface area (Å²) >= 11 is 0. The maximum absolute atomic E-state index is 13.7. The summed E-state index contributed by atoms with van der Waals surface area (Å²) in [7, 11) is 0. The summed E-state index contributed by atoms with van der Waals surface area (Å²) in [5.41, 5.74) is 1.87. The van der Waals surface area contributed by atoms with Crippen LogP contribution in [0.1, 0.15) is 25.3 Å². The summed E-state index contributed by atoms with van der Waals surface area (Å²) in [5, 5.41) is 0. The van der Waals surface area contributed by atoms with Crippen LogP contribution in [-0.2, 0) is 0 Å². The van der Waals surface area contributed by atoms with Gasteiger partial charge in [-0.3, -0.25) is 4.90 Å². The summed E-state index contributed by atoms with van der Waals surface area (Å²) in [6.45, 7) is 7.54. The van der Waals surface area contributed by atoms with Crippen molar-refractivity contribution < 1.29 is 4.39 Å². The maximum Gasteiger partial charge on any atom is 0.128 e. The van der Waals surface area contributed by atoms with Crippen molar-refractivity contribution in [2.45, 2.75) is 38.8 Å². The highest BCUT2D eigenvalue weighted by Crippen LogP contribution is 2.31. The predicted octanol–water partition coefficient (Wildman–Crippen LogP) is 2.81. The van der Waals surface area contributed by atoms with Crippen molar-refractivity contribution in [2.75, 3.05) is 24.5 Å². The largest absolute Gasteiger partial charge is 0.366 e. The van der Waals surface area contributed by atoms with Crippen molar-refractivity contribution >= 4 is 5.69 Å². The molecule has 2 unspecified atom stereocenters. The lowest BCUT2D eigenvalue weighted by atomic mass is 10.0. The molecule has 2 atom stereocenters. The molecule has 1 aromatic carbocycles. The third kappa shape index (κ3) is 1.91. The van der Waals surface area contributed by atoms with E-state index in [2.05, 4.69) is 22.8 Å². The van der Waals surface area contributed by atoms with E-state index in [9.17, 15) is 4.39 Å². The number of rotatable bonds is 1. The van der Waals surface area contributed by atoms with Crippen LogP contribution in [0.4, 0.5) is 10.1 Å². The lowest BCUT2D eigenvalue weighted by Crippen LogP contribution is -2.55. The van der Waals surface area contributed by atoms with E-state index in [1.165, 1.54) is 19.4 Å². The van der Waals surface area contributed by atoms with Gasteiger partial charge in [-0.05, 0) is 45.4 Å². The van der Waals surface area contributed by atoms with Crippen molar-refractivity contribution in [2.24, 2.45) is 0 Å². The van der Waals surface area contributed by atoms with Gasteiger partial charge in [-0.15, -0.1) is 0 Å². The lowest BCUT2D eigenvalue weighted by Gasteiger charge is -2.44. The molecule has 0 spiro atoms. The number of halogens is 1. The number of hydrogen-bond donors (Lipinski definition) is 0. The standard InChI is InChI=1S/C15H21FN2/c1-11-9-17-8-4-5-13(17)10-18(11)15-7-3-6-14(16)12(15)2/h3,6-7,11,13H,4-5,8-10H2,1-2H3. The van der Waals surface area contributed by atoms with Crippen LogP contribution in [0.25, 0.3) is 0 Å². The van der Waals surface area contributed by atoms with Crippen LogP contribution < -0.4 is 4.90 Å². The number of piperazine rings is 1. The molecule has 0 bridgehead atoms. The molecule has 2 aliphatic heterocycles. The van der Waals surface area contributed by atoms with Gasteiger partial charge in [-0.25, -0.2) is 4.39 Å². The minimum Gasteiger partial charge on any atom is -0.366 e. The molecule has 2 saturated heterocycles. The number of nitrogens with zero attached hydrogens (tertiary/aromatic N) is 2. The van der Waals surface area contributed by atoms with Crippen molar-refractivity contribution in [3.63, 3.8) is 0 Å². The van der Waals surface area contributed by atoms with Crippen LogP contribution in [0.3, 0.4) is 0 Å². The van der Waals surface area contributed by atoms with E-state index in [1.54, 1.807) is 6.07 Å². The lowest BCUT2D eigenvalue weighted by molar-refractivity contribution is 0.203. The minimum atomic E-state index is -0.0893. The van der Waals surface area contributed by atoms with Crippen LogP contribution in [0.15, 0.2) is 18.2 Å². The molecule has 1 aromatic rings. The van der Waals surface area contributed by atoms with Gasteiger partial charge in [0, 0.05) is 36.4 Å². The van der Waals surface area contributed by atoms with Crippen LogP contribution in [0, 0.1) is 12.7 Å². The highest BCUT2D eigenvalue weighted by atomic mass is 19.1. The molecule has 98 valence electrons. The number of fused-ring (bicyclic) bond motifs is 1. The summed E-state index contributed by atoms with van der Waals surface area (Å²) in [6.07, 6.45) is 2.60. The summed E-state index contributed by atoms with van der Waals surface area (Å²) < 4.78 is 13.7. The molecule has 2 heterocycles. The molecule has 2 aliphatic rings. The van der Waals surface area contributed by atoms with Crippen molar-refractivity contribution in [3.05, 3.63) is 29.6 Å². The molecule has 3 heteroatoms. The normalized spacial score (nSPS) is 28.5. The van der Waals surface area contributed by atoms with Crippen molar-refractivity contribution in [1.29, 1.82) is 0 Å². The Hall–Kier alpha value is -1.09. The SMILES string of the molecule is Cc1c(F)cccc1N1CC2CCCN2CC1C. The first kappa shape index (κ1) is 12.0. The van der Waals surface area contributed by atoms with E-state index in [0.29, 0.717) is 12.1 Å². The van der Waals surface area contributed by atoms with Gasteiger partial charge in [0.2, 0.25) is 0 Å². The van der Waals surface area contributed by atoms with Gasteiger partial charge >= 0.3 is 0 Å². The quantitative estimate of drug-likeness (QED) is 0.754. The van der Waals surface area contributed by atoms with E-state index in [0.717, 1.165) is 24.3 Å². The first-order chi connectivity index (χ1) is 8.66. The third-order valence-corrected chi connectivity index (χ3v) is 4.49. The smallest absolute Gasteiger partial charge is 0.128 e. The molecule has 18 heavy (non-hydrogen) atoms. The minimum absolute atomic E-state index is 0.0893. The molecule has 0 aromatic heterocycles. The Balaban J connectivity index is 1.89. The topological polar surface area (TPSA) is 6.48 Å². The Kier molecular flexibility index (Phi) is 3.02. The molecule has 2 fully saturated rings. The van der Waals surface area contributed by atoms with E-state index >= 15 is 0 Å². The van der Waals surface area contributed by atoms with Gasteiger partial charge < -0.3 is 4.90 Å². The molecule has 2 nitrogen and oxygen atoms in total. The van der Waals surface area contributed by atoms with E-state index in [-0.39, 0.29) is 5.82 Å². The van der Waals surface area contributed by atoms with Crippen LogP contribution in [-0.4, -0.2) is 36.6 Å². The number of benzene rings is 1. The van der Waals surface area contributed by atoms with Gasteiger partial charge in [0.15, 0.2) is 0 Å². The van der Waals surface area contributed by atoms with Gasteiger partial charge in [0.05, 0.1) is 0 Å². The fourth-order valence-electron chi connectivity index (χ4n) is 3.43. The average Bonchev–Trinajstić information content (AvgIpc) is 2.79. The Morgan fingerprint density at radius 3 is 2.94 bits per heavy atom. The van der Waals surface area contributed by atoms with E-state index in [4.69, 9.17) is 0 Å². The Labute approximate surface area is 108 Å². The zero-order valence-corrected chi connectivity index (χ0v) is 11.2. The molecule has 0 aliphatic carbocycles. The monoisotopic (exact) mass is 248 g/mol. The zero-order valence-electron chi connectivity index (χ0n) is 11.2. The molecular weight excluding hydrogens is 227 g/mol. The van der Waals surface area contributed by atoms with Gasteiger partial charge in [0.1, 0.15) is 5.82 Å². The highest BCUT2D eigenvalue weighted by Gasteiger charge is 2.34. The number of hydrogen-bond acceptors (Lipinski definition) is 2. The summed E-state index contributed by atoms with van der Waals surface area (Å²) in [5.74, 6) is -0.0893. The Bertz CT molecular complexity index is 446. The average molecular weight is 248 g/mol. The van der Waals surface area contributed by atoms with Crippen LogP contribution in [0.2, 0.25) is 0 Å². The first-order valence-electron chi connectivity index (χ1n) is 6.92. The predicted molar refractivity (Wildman–Crippen MR) is 72.5 cm³/mol. The van der Waals surface area contributed by atoms with Crippen LogP contribution >= 0.6 is 0 Å². The molecule has 0 radical (unpaired) electrons. The zero-order chi connectivity index (χ0) is 12.7. The van der Waals surface area contributed by atoms with Gasteiger partial charge in [0.25, 0.3) is 0 Å². The summed E-state index contributed by atoms with van der Waals surface area (Å²) in [4.78, 5) is 4.99. The Morgan fingerprint density at radius 2 is 2.11 bits per heavy atom. The van der Waals surface area contributed by atoms with Gasteiger partial charge in [-0.2, -0.15) is 0 Å². The van der Waals surface area contributed by atoms with E-state index < -0.39 is 0 Å². The highest BCUT2D eigenvalue weighted by molar-refractivity contribution is 5.55. The van der Waals surface area contributed by atoms with Crippen molar-refractivity contribution in [3.8, 4) is 0 Å². The van der Waals surface area contributed by atoms with Crippen molar-refractivity contribution in [1.82, 2.24) is 4.90 Å². The molecule has 3 rings (SSSR count). The second-order valence-corrected chi connectivity index (χ2v) is 5.68. The molecular formula is C15H21FN2. The molecule has 0 amide bonds. The fraction of sp³-hybridized carbons (Fsp3) is 0.600. The van der Waals surface area contributed by atoms with Crippen LogP contribution in [0.5, 0.6) is 0 Å². The molecule has 0 N–H and O–H groups in total. The summed E-state index contributed by atoms with van der Waals surface area (Å²) in [6, 6.07) is 6.57. The molecule has 0 saturated carbocycles. The fourth-order valence-corrected chi connectivity index (χ4v) is 3.43.